The molecule has 8 heteroatoms. The number of dihydropyridines is 1. The molecule has 0 radical (unpaired) electrons. The van der Waals surface area contributed by atoms with E-state index in [4.69, 9.17) is 30.5 Å². The maximum Gasteiger partial charge on any atom is 0.161 e. The molecule has 0 fully saturated rings. The summed E-state index contributed by atoms with van der Waals surface area (Å²) < 4.78 is 23.9. The molecule has 5 rings (SSSR count). The lowest BCUT2D eigenvalue weighted by Crippen LogP contribution is -2.29. The van der Waals surface area contributed by atoms with Crippen LogP contribution in [0.25, 0.3) is 11.1 Å². The fourth-order valence-corrected chi connectivity index (χ4v) is 4.99. The van der Waals surface area contributed by atoms with Gasteiger partial charge in [0.1, 0.15) is 44.0 Å². The zero-order valence-corrected chi connectivity index (χ0v) is 23.6. The first-order chi connectivity index (χ1) is 19.5. The van der Waals surface area contributed by atoms with E-state index in [9.17, 15) is 5.26 Å². The first-order valence-electron chi connectivity index (χ1n) is 13.2. The summed E-state index contributed by atoms with van der Waals surface area (Å²) in [7, 11) is 1.87. The van der Waals surface area contributed by atoms with Crippen molar-refractivity contribution < 1.29 is 18.9 Å². The van der Waals surface area contributed by atoms with Crippen LogP contribution in [0, 0.1) is 18.3 Å². The molecule has 0 saturated carbocycles. The van der Waals surface area contributed by atoms with Crippen LogP contribution in [0.3, 0.4) is 0 Å². The third kappa shape index (κ3) is 6.04. The predicted molar refractivity (Wildman–Crippen MR) is 156 cm³/mol. The molecule has 2 aliphatic rings. The molecule has 3 aromatic carbocycles. The zero-order chi connectivity index (χ0) is 28.1. The number of nitriles is 1. The first kappa shape index (κ1) is 27.4. The van der Waals surface area contributed by atoms with E-state index < -0.39 is 0 Å². The Kier molecular flexibility index (Phi) is 8.49. The summed E-state index contributed by atoms with van der Waals surface area (Å²) in [5.74, 6) is 2.76. The van der Waals surface area contributed by atoms with Crippen molar-refractivity contribution >= 4 is 11.6 Å². The van der Waals surface area contributed by atoms with E-state index in [0.29, 0.717) is 55.1 Å². The van der Waals surface area contributed by atoms with E-state index in [-0.39, 0.29) is 6.04 Å². The number of hydrogen-bond donors (Lipinski definition) is 2. The minimum Gasteiger partial charge on any atom is -0.489 e. The van der Waals surface area contributed by atoms with E-state index in [1.807, 2.05) is 50.4 Å². The Morgan fingerprint density at radius 1 is 1.02 bits per heavy atom. The van der Waals surface area contributed by atoms with E-state index in [0.717, 1.165) is 44.9 Å². The predicted octanol–water partition coefficient (Wildman–Crippen LogP) is 6.09. The molecule has 0 amide bonds. The van der Waals surface area contributed by atoms with Gasteiger partial charge >= 0.3 is 0 Å². The Morgan fingerprint density at radius 2 is 1.82 bits per heavy atom. The molecule has 7 nitrogen and oxygen atoms in total. The lowest BCUT2D eigenvalue weighted by Gasteiger charge is -2.22. The van der Waals surface area contributed by atoms with Gasteiger partial charge in [-0.1, -0.05) is 35.9 Å². The number of ether oxygens (including phenoxy) is 4. The molecule has 0 spiro atoms. The summed E-state index contributed by atoms with van der Waals surface area (Å²) in [5, 5.41) is 16.1. The molecule has 206 valence electrons. The second-order valence-corrected chi connectivity index (χ2v) is 10.2. The van der Waals surface area contributed by atoms with Crippen LogP contribution in [0.4, 0.5) is 0 Å². The van der Waals surface area contributed by atoms with Gasteiger partial charge in [-0.3, -0.25) is 0 Å². The summed E-state index contributed by atoms with van der Waals surface area (Å²) >= 11 is 6.65. The third-order valence-electron chi connectivity index (χ3n) is 7.07. The second kappa shape index (κ2) is 12.4. The first-order valence-corrected chi connectivity index (χ1v) is 13.6. The fourth-order valence-electron chi connectivity index (χ4n) is 4.75. The summed E-state index contributed by atoms with van der Waals surface area (Å²) in [5.41, 5.74) is 6.80. The van der Waals surface area contributed by atoms with Crippen molar-refractivity contribution in [3.05, 3.63) is 93.7 Å². The van der Waals surface area contributed by atoms with Crippen LogP contribution in [0.15, 0.2) is 72.0 Å². The average Bonchev–Trinajstić information content (AvgIpc) is 2.97. The highest BCUT2D eigenvalue weighted by molar-refractivity contribution is 6.32. The summed E-state index contributed by atoms with van der Waals surface area (Å²) in [6.07, 6.45) is 3.59. The van der Waals surface area contributed by atoms with Gasteiger partial charge in [0.15, 0.2) is 11.5 Å². The van der Waals surface area contributed by atoms with Gasteiger partial charge in [0.25, 0.3) is 0 Å². The summed E-state index contributed by atoms with van der Waals surface area (Å²) in [4.78, 5) is 0. The highest BCUT2D eigenvalue weighted by Gasteiger charge is 2.18. The van der Waals surface area contributed by atoms with Crippen molar-refractivity contribution in [3.63, 3.8) is 0 Å². The SMILES string of the molecule is CNCc1cc(Cl)c(OCc2cccc(-c3ccc4c(c3)OCCO4)c2C)cc1OCC1=CC(C#N)=CNC1C. The topological polar surface area (TPSA) is 84.8 Å². The van der Waals surface area contributed by atoms with Crippen LogP contribution in [0.2, 0.25) is 5.02 Å². The van der Waals surface area contributed by atoms with Crippen LogP contribution in [0.1, 0.15) is 23.6 Å². The number of fused-ring (bicyclic) bond motifs is 1. The minimum absolute atomic E-state index is 0.0670. The normalized spacial score (nSPS) is 15.8. The molecule has 2 aliphatic heterocycles. The van der Waals surface area contributed by atoms with E-state index in [1.165, 1.54) is 0 Å². The van der Waals surface area contributed by atoms with Crippen molar-refractivity contribution in [3.8, 4) is 40.2 Å². The highest BCUT2D eigenvalue weighted by atomic mass is 35.5. The molecule has 2 heterocycles. The van der Waals surface area contributed by atoms with Crippen molar-refractivity contribution in [2.24, 2.45) is 0 Å². The maximum absolute atomic E-state index is 9.27. The van der Waals surface area contributed by atoms with Gasteiger partial charge in [-0.25, -0.2) is 0 Å². The Morgan fingerprint density at radius 3 is 2.62 bits per heavy atom. The molecule has 0 saturated heterocycles. The number of nitrogens with one attached hydrogen (secondary N) is 2. The van der Waals surface area contributed by atoms with Gasteiger partial charge in [0.05, 0.1) is 10.6 Å². The smallest absolute Gasteiger partial charge is 0.161 e. The van der Waals surface area contributed by atoms with Gasteiger partial charge in [-0.05, 0) is 73.0 Å². The monoisotopic (exact) mass is 557 g/mol. The van der Waals surface area contributed by atoms with Gasteiger partial charge < -0.3 is 29.6 Å². The Labute approximate surface area is 240 Å². The molecule has 1 atom stereocenters. The molecule has 1 unspecified atom stereocenters. The summed E-state index contributed by atoms with van der Waals surface area (Å²) in [6, 6.07) is 18.2. The lowest BCUT2D eigenvalue weighted by atomic mass is 9.96. The van der Waals surface area contributed by atoms with Crippen LogP contribution >= 0.6 is 11.6 Å². The maximum atomic E-state index is 9.27. The van der Waals surface area contributed by atoms with E-state index in [2.05, 4.69) is 41.8 Å². The lowest BCUT2D eigenvalue weighted by molar-refractivity contribution is 0.171. The fraction of sp³-hybridized carbons (Fsp3) is 0.281. The number of halogens is 1. The molecule has 40 heavy (non-hydrogen) atoms. The van der Waals surface area contributed by atoms with Gasteiger partial charge in [0, 0.05) is 30.4 Å². The van der Waals surface area contributed by atoms with Crippen LogP contribution in [0.5, 0.6) is 23.0 Å². The largest absolute Gasteiger partial charge is 0.489 e. The van der Waals surface area contributed by atoms with E-state index in [1.54, 1.807) is 6.20 Å². The molecule has 0 aliphatic carbocycles. The molecule has 0 aromatic heterocycles. The van der Waals surface area contributed by atoms with Crippen molar-refractivity contribution in [1.82, 2.24) is 10.6 Å². The van der Waals surface area contributed by atoms with Crippen LogP contribution < -0.4 is 29.6 Å². The molecular formula is C32H32ClN3O4. The molecule has 0 bridgehead atoms. The molecule has 3 aromatic rings. The quantitative estimate of drug-likeness (QED) is 0.329. The van der Waals surface area contributed by atoms with Crippen molar-refractivity contribution in [2.75, 3.05) is 26.9 Å². The van der Waals surface area contributed by atoms with Gasteiger partial charge in [-0.2, -0.15) is 5.26 Å². The molecule has 2 N–H and O–H groups in total. The van der Waals surface area contributed by atoms with Crippen molar-refractivity contribution in [2.45, 2.75) is 33.0 Å². The standard InChI is InChI=1S/C32H32ClN3O4/c1-20-24(5-4-6-27(20)23-7-8-29-32(13-23)38-10-9-37-29)18-40-31-14-30(25(17-35-3)12-28(31)33)39-19-26-11-22(15-34)16-36-21(26)2/h4-8,11-14,16,21,35-36H,9-10,17-19H2,1-3H3. The number of benzene rings is 3. The Balaban J connectivity index is 1.35. The van der Waals surface area contributed by atoms with Crippen LogP contribution in [-0.2, 0) is 13.2 Å². The number of allylic oxidation sites excluding steroid dienone is 2. The molecular weight excluding hydrogens is 526 g/mol. The van der Waals surface area contributed by atoms with Gasteiger partial charge in [0.2, 0.25) is 0 Å². The van der Waals surface area contributed by atoms with Gasteiger partial charge in [-0.15, -0.1) is 0 Å². The van der Waals surface area contributed by atoms with Crippen molar-refractivity contribution in [1.29, 1.82) is 5.26 Å². The third-order valence-corrected chi connectivity index (χ3v) is 7.37. The number of rotatable bonds is 9. The minimum atomic E-state index is 0.0670. The highest BCUT2D eigenvalue weighted by Crippen LogP contribution is 2.37. The van der Waals surface area contributed by atoms with Crippen LogP contribution in [-0.4, -0.2) is 32.9 Å². The summed E-state index contributed by atoms with van der Waals surface area (Å²) in [6.45, 7) is 6.51. The number of nitrogens with zero attached hydrogens (tertiary/aromatic N) is 1. The Hall–Kier alpha value is -4.12. The van der Waals surface area contributed by atoms with E-state index >= 15 is 0 Å². The zero-order valence-electron chi connectivity index (χ0n) is 22.8. The average molecular weight is 558 g/mol. The number of hydrogen-bond acceptors (Lipinski definition) is 7. The Bertz CT molecular complexity index is 1510. The second-order valence-electron chi connectivity index (χ2n) is 9.77.